The van der Waals surface area contributed by atoms with E-state index in [1.54, 1.807) is 31.0 Å². The van der Waals surface area contributed by atoms with Gasteiger partial charge in [0.25, 0.3) is 0 Å². The van der Waals surface area contributed by atoms with Gasteiger partial charge >= 0.3 is 126 Å². The Balaban J connectivity index is 0.000000112. The van der Waals surface area contributed by atoms with Crippen LogP contribution in [-0.4, -0.2) is 138 Å². The first kappa shape index (κ1) is 103. The van der Waals surface area contributed by atoms with Crippen LogP contribution in [0.1, 0.15) is 6.92 Å². The van der Waals surface area contributed by atoms with Gasteiger partial charge in [-0.3, -0.25) is 0 Å². The molecular weight excluding hydrogens is 2970 g/mol. The van der Waals surface area contributed by atoms with Gasteiger partial charge in [-0.25, -0.2) is 29.9 Å². The Morgan fingerprint density at radius 2 is 0.447 bits per heavy atom. The molecule has 0 bridgehead atoms. The van der Waals surface area contributed by atoms with Crippen molar-refractivity contribution in [3.63, 3.8) is 0 Å². The summed E-state index contributed by atoms with van der Waals surface area (Å²) in [5.74, 6) is 10.7. The largest absolute Gasteiger partial charge is 2.00 e. The summed E-state index contributed by atoms with van der Waals surface area (Å²) in [5.41, 5.74) is 17.4. The predicted molar refractivity (Wildman–Crippen MR) is 554 cm³/mol. The number of para-hydroxylation sites is 6. The smallest absolute Gasteiger partial charge is 0.488 e. The summed E-state index contributed by atoms with van der Waals surface area (Å²) < 4.78 is 33.8. The van der Waals surface area contributed by atoms with E-state index in [2.05, 4.69) is 236 Å². The monoisotopic (exact) mass is 3050 g/mol. The van der Waals surface area contributed by atoms with Crippen LogP contribution in [0.4, 0.5) is 0 Å². The molecule has 0 spiro atoms. The predicted octanol–water partition coefficient (Wildman–Crippen LogP) is 16.7. The van der Waals surface area contributed by atoms with Crippen molar-refractivity contribution in [3.05, 3.63) is 331 Å². The number of aliphatic imine (C=N–C) groups is 1. The van der Waals surface area contributed by atoms with Crippen molar-refractivity contribution >= 4 is 137 Å². The zero-order valence-corrected chi connectivity index (χ0v) is 95.5. The molecule has 0 radical (unpaired) electrons. The van der Waals surface area contributed by atoms with E-state index in [1.165, 1.54) is 0 Å². The molecule has 0 saturated carbocycles. The number of rotatable bonds is 11. The molecule has 0 aliphatic carbocycles. The molecule has 1 aliphatic heterocycles. The Morgan fingerprint density at radius 3 is 0.660 bits per heavy atom. The maximum atomic E-state index is 4.94. The van der Waals surface area contributed by atoms with Crippen LogP contribution in [0.2, 0.25) is 0 Å². The van der Waals surface area contributed by atoms with Crippen LogP contribution >= 0.6 is 0 Å². The molecule has 0 fully saturated rings. The average Bonchev–Trinajstić information content (AvgIpc) is 1.61. The zero-order valence-electron chi connectivity index (χ0n) is 81.8. The molecule has 1 unspecified atom stereocenters. The fraction of sp³-hybridized carbons (Fsp3) is 0.119. The third-order valence-electron chi connectivity index (χ3n) is 26.7. The summed E-state index contributed by atoms with van der Waals surface area (Å²) in [4.78, 5) is 82.3. The van der Waals surface area contributed by atoms with Gasteiger partial charge < -0.3 is 137 Å². The fourth-order valence-electron chi connectivity index (χ4n) is 19.6. The van der Waals surface area contributed by atoms with Crippen molar-refractivity contribution in [2.24, 2.45) is 88.4 Å². The van der Waals surface area contributed by atoms with E-state index in [1.807, 2.05) is 286 Å². The Morgan fingerprint density at radius 1 is 0.220 bits per heavy atom. The van der Waals surface area contributed by atoms with Gasteiger partial charge in [-0.05, 0) is 179 Å². The van der Waals surface area contributed by atoms with Crippen molar-refractivity contribution in [2.75, 3.05) is 0 Å². The molecule has 150 heavy (non-hydrogen) atoms. The maximum Gasteiger partial charge on any atom is 2.00 e. The van der Waals surface area contributed by atoms with Gasteiger partial charge in [0, 0.05) is 133 Å². The number of hydrogen-bond acceptors (Lipinski definition) is 12. The molecule has 24 heterocycles. The van der Waals surface area contributed by atoms with Gasteiger partial charge in [0.1, 0.15) is 35.3 Å². The molecule has 30 rings (SSSR count). The number of aryl methyl sites for hydroxylation is 11. The number of imidazole rings is 11. The molecule has 29 aromatic rings. The SMILES string of the molecule is CC1C=[C-]N=C1n1ccc2c3cccc(-c4nccn4C)c3[n-]c21.Cn1c[c-]nc1-c1cccc2c1[n-]c1c2ccn1-c1nccn1C.Cn1c[c-]nc1-c1cccc2c1[n-]c1c2ccn1-c1nccn1C.Cn1c[c-]nc1-c1cccc2c1[n-]c1c2ccn1-c1nccn1C.Cn1ccnc1-c1cccc2c1[n-]c1c2ccn1-c1n[c-]cn1C.Cn1ccnc1-c1cccc2c1[n-]c1c2ccn1-c1n[c-]cn1C.[Pt+2].[Pt+2].[Pt+2].[Pt+2].[Pt+2].[Pt+2]. The standard InChI is InChI=1S/C19H15N5.5C18H14N6.6Pt/c1-12-6-8-20-17(12)24-10-7-14-13-4-3-5-15(16(13)22-19(14)24)18-21-9-11-23(18)2;5*1-22-10-7-19-16(22)14-5-3-4-12-13-6-9-24(17(13)21-15(12)14)18-20-8-11-23(18)2;;;;;;/h3-7,9-12H,1-2H3;3*3-6,8-11H,1-2H3;2*3-7,9-11H,1-2H3;;;;;;/q6*-2;6*+2. The van der Waals surface area contributed by atoms with E-state index in [0.29, 0.717) is 0 Å². The van der Waals surface area contributed by atoms with Crippen molar-refractivity contribution in [3.8, 4) is 98.1 Å². The Labute approximate surface area is 942 Å². The molecule has 23 aromatic heterocycles. The minimum atomic E-state index is 0. The van der Waals surface area contributed by atoms with Crippen LogP contribution in [0.5, 0.6) is 0 Å². The summed E-state index contributed by atoms with van der Waals surface area (Å²) in [6, 6.07) is 49.9. The number of nitrogens with zero attached hydrogens (tertiary/aromatic N) is 35. The van der Waals surface area contributed by atoms with Crippen molar-refractivity contribution in [2.45, 2.75) is 6.92 Å². The van der Waals surface area contributed by atoms with Crippen LogP contribution in [0.25, 0.3) is 230 Å². The van der Waals surface area contributed by atoms with Crippen LogP contribution in [0.3, 0.4) is 0 Å². The van der Waals surface area contributed by atoms with Gasteiger partial charge in [-0.2, -0.15) is 12.3 Å². The van der Waals surface area contributed by atoms with E-state index >= 15 is 0 Å². The number of hydrogen-bond donors (Lipinski definition) is 0. The number of aromatic nitrogens is 34. The van der Waals surface area contributed by atoms with Gasteiger partial charge in [-0.15, -0.1) is 36.8 Å². The third kappa shape index (κ3) is 17.5. The molecule has 0 amide bonds. The van der Waals surface area contributed by atoms with Gasteiger partial charge in [-0.1, -0.05) is 260 Å². The van der Waals surface area contributed by atoms with Crippen LogP contribution in [-0.2, 0) is 204 Å². The van der Waals surface area contributed by atoms with E-state index < -0.39 is 0 Å². The summed E-state index contributed by atoms with van der Waals surface area (Å²) in [7, 11) is 21.7. The topological polar surface area (TPSA) is 323 Å². The second-order valence-electron chi connectivity index (χ2n) is 35.5. The summed E-state index contributed by atoms with van der Waals surface area (Å²) in [6.07, 6.45) is 63.0. The molecule has 0 N–H and O–H groups in total. The van der Waals surface area contributed by atoms with Crippen LogP contribution in [0.15, 0.2) is 299 Å². The van der Waals surface area contributed by atoms with E-state index in [-0.39, 0.29) is 132 Å². The number of fused-ring (bicyclic) bond motifs is 18. The van der Waals surface area contributed by atoms with E-state index in [0.717, 1.165) is 236 Å². The van der Waals surface area contributed by atoms with E-state index in [4.69, 9.17) is 29.9 Å². The number of benzene rings is 6. The van der Waals surface area contributed by atoms with Crippen LogP contribution < -0.4 is 29.9 Å². The average molecular weight is 3060 g/mol. The van der Waals surface area contributed by atoms with Crippen molar-refractivity contribution in [1.82, 2.24) is 162 Å². The zero-order chi connectivity index (χ0) is 97.6. The second kappa shape index (κ2) is 42.0. The van der Waals surface area contributed by atoms with Gasteiger partial charge in [0.2, 0.25) is 0 Å². The maximum absolute atomic E-state index is 4.94. The number of allylic oxidation sites excluding steroid dienone is 1. The second-order valence-corrected chi connectivity index (χ2v) is 35.5. The molecule has 35 nitrogen and oxygen atoms in total. The minimum Gasteiger partial charge on any atom is -0.488 e. The first-order valence-corrected chi connectivity index (χ1v) is 46.3. The normalized spacial score (nSPS) is 12.2. The summed E-state index contributed by atoms with van der Waals surface area (Å²) in [6.45, 7) is 2.12. The van der Waals surface area contributed by atoms with Crippen molar-refractivity contribution < 1.29 is 126 Å². The minimum absolute atomic E-state index is 0. The Kier molecular flexibility index (Phi) is 28.9. The molecular formula is C109H85N35Pt6. The molecule has 6 aromatic carbocycles. The first-order chi connectivity index (χ1) is 70.4. The molecule has 1 aliphatic rings. The molecule has 756 valence electrons. The fourth-order valence-corrected chi connectivity index (χ4v) is 19.6. The van der Waals surface area contributed by atoms with E-state index in [9.17, 15) is 0 Å². The molecule has 1 atom stereocenters. The Bertz CT molecular complexity index is 8900. The molecule has 41 heteroatoms. The summed E-state index contributed by atoms with van der Waals surface area (Å²) in [5, 5.41) is 13.5. The van der Waals surface area contributed by atoms with Gasteiger partial charge in [0.15, 0.2) is 0 Å². The molecule has 0 saturated heterocycles. The Hall–Kier alpha value is -15.4. The van der Waals surface area contributed by atoms with Gasteiger partial charge in [0.05, 0.1) is 0 Å². The third-order valence-corrected chi connectivity index (χ3v) is 26.7. The first-order valence-electron chi connectivity index (χ1n) is 46.3. The summed E-state index contributed by atoms with van der Waals surface area (Å²) >= 11 is 0. The van der Waals surface area contributed by atoms with Crippen LogP contribution in [0, 0.1) is 43.1 Å². The quantitative estimate of drug-likeness (QED) is 0.109. The van der Waals surface area contributed by atoms with Crippen molar-refractivity contribution in [1.29, 1.82) is 0 Å².